The van der Waals surface area contributed by atoms with Gasteiger partial charge >= 0.3 is 6.18 Å². The Kier molecular flexibility index (Phi) is 2.80. The molecule has 2 heterocycles. The predicted molar refractivity (Wildman–Crippen MR) is 52.0 cm³/mol. The Balaban J connectivity index is 2.39. The number of aromatic nitrogens is 4. The number of rotatable bonds is 2. The third-order valence-corrected chi connectivity index (χ3v) is 1.98. The molecular formula is C9H8F3N5. The van der Waals surface area contributed by atoms with E-state index in [1.165, 1.54) is 18.5 Å². The average Bonchev–Trinajstić information content (AvgIpc) is 2.76. The lowest BCUT2D eigenvalue weighted by atomic mass is 10.3. The minimum absolute atomic E-state index is 0.0482. The van der Waals surface area contributed by atoms with E-state index in [1.807, 2.05) is 0 Å². The number of hydrogen-bond acceptors (Lipinski definition) is 4. The summed E-state index contributed by atoms with van der Waals surface area (Å²) in [6.07, 6.45) is -3.21. The molecule has 5 nitrogen and oxygen atoms in total. The van der Waals surface area contributed by atoms with Gasteiger partial charge in [-0.25, -0.2) is 14.6 Å². The van der Waals surface area contributed by atoms with Crippen molar-refractivity contribution < 1.29 is 13.2 Å². The zero-order valence-electron chi connectivity index (χ0n) is 8.52. The van der Waals surface area contributed by atoms with Crippen molar-refractivity contribution in [2.45, 2.75) is 12.7 Å². The van der Waals surface area contributed by atoms with Crippen LogP contribution in [-0.4, -0.2) is 19.7 Å². The van der Waals surface area contributed by atoms with Crippen LogP contribution in [0.5, 0.6) is 0 Å². The maximum atomic E-state index is 12.4. The zero-order chi connectivity index (χ0) is 12.5. The van der Waals surface area contributed by atoms with Crippen molar-refractivity contribution in [1.29, 1.82) is 0 Å². The molecule has 0 bridgehead atoms. The summed E-state index contributed by atoms with van der Waals surface area (Å²) in [4.78, 5) is 7.27. The molecule has 0 saturated heterocycles. The highest BCUT2D eigenvalue weighted by atomic mass is 19.4. The molecule has 2 N–H and O–H groups in total. The van der Waals surface area contributed by atoms with E-state index in [9.17, 15) is 13.2 Å². The molecule has 0 fully saturated rings. The molecule has 0 radical (unpaired) electrons. The summed E-state index contributed by atoms with van der Waals surface area (Å²) < 4.78 is 38.4. The molecule has 8 heteroatoms. The van der Waals surface area contributed by atoms with Crippen LogP contribution in [-0.2, 0) is 12.7 Å². The fourth-order valence-electron chi connectivity index (χ4n) is 1.21. The van der Waals surface area contributed by atoms with Crippen molar-refractivity contribution in [2.24, 2.45) is 5.73 Å². The maximum absolute atomic E-state index is 12.4. The van der Waals surface area contributed by atoms with Crippen LogP contribution < -0.4 is 5.73 Å². The first-order chi connectivity index (χ1) is 8.00. The topological polar surface area (TPSA) is 69.6 Å². The number of halogens is 3. The normalized spacial score (nSPS) is 11.8. The van der Waals surface area contributed by atoms with Crippen LogP contribution in [0.1, 0.15) is 11.5 Å². The summed E-state index contributed by atoms with van der Waals surface area (Å²) in [6, 6.07) is 3.56. The van der Waals surface area contributed by atoms with Crippen LogP contribution in [0.25, 0.3) is 5.82 Å². The summed E-state index contributed by atoms with van der Waals surface area (Å²) in [5.74, 6) is 0.385. The molecule has 0 amide bonds. The highest BCUT2D eigenvalue weighted by Crippen LogP contribution is 2.27. The van der Waals surface area contributed by atoms with Crippen LogP contribution in [0.4, 0.5) is 13.2 Å². The van der Waals surface area contributed by atoms with Crippen molar-refractivity contribution in [2.75, 3.05) is 0 Å². The van der Waals surface area contributed by atoms with Gasteiger partial charge < -0.3 is 5.73 Å². The van der Waals surface area contributed by atoms with Gasteiger partial charge in [-0.15, -0.1) is 5.10 Å². The highest BCUT2D eigenvalue weighted by molar-refractivity contribution is 5.24. The lowest BCUT2D eigenvalue weighted by Gasteiger charge is -2.06. The number of pyridine rings is 1. The van der Waals surface area contributed by atoms with E-state index in [1.54, 1.807) is 0 Å². The molecule has 17 heavy (non-hydrogen) atoms. The number of hydrogen-bond donors (Lipinski definition) is 1. The third-order valence-electron chi connectivity index (χ3n) is 1.98. The Morgan fingerprint density at radius 1 is 1.29 bits per heavy atom. The van der Waals surface area contributed by atoms with Gasteiger partial charge in [-0.1, -0.05) is 6.07 Å². The Hall–Kier alpha value is -1.96. The Labute approximate surface area is 94.1 Å². The monoisotopic (exact) mass is 243 g/mol. The van der Waals surface area contributed by atoms with Crippen LogP contribution in [0.2, 0.25) is 0 Å². The van der Waals surface area contributed by atoms with Crippen molar-refractivity contribution >= 4 is 0 Å². The summed E-state index contributed by atoms with van der Waals surface area (Å²) >= 11 is 0. The van der Waals surface area contributed by atoms with E-state index in [0.29, 0.717) is 5.82 Å². The van der Waals surface area contributed by atoms with Crippen LogP contribution in [0, 0.1) is 0 Å². The summed E-state index contributed by atoms with van der Waals surface area (Å²) in [6.45, 7) is 0.117. The predicted octanol–water partition coefficient (Wildman–Crippen LogP) is 1.14. The van der Waals surface area contributed by atoms with Crippen LogP contribution in [0.3, 0.4) is 0 Å². The van der Waals surface area contributed by atoms with Gasteiger partial charge in [0.15, 0.2) is 11.6 Å². The second kappa shape index (κ2) is 4.13. The van der Waals surface area contributed by atoms with E-state index in [4.69, 9.17) is 5.73 Å². The van der Waals surface area contributed by atoms with Gasteiger partial charge in [-0.2, -0.15) is 13.2 Å². The molecule has 0 saturated carbocycles. The van der Waals surface area contributed by atoms with Crippen molar-refractivity contribution in [3.05, 3.63) is 36.0 Å². The number of alkyl halides is 3. The van der Waals surface area contributed by atoms with Crippen molar-refractivity contribution in [1.82, 2.24) is 19.7 Å². The molecule has 2 rings (SSSR count). The SMILES string of the molecule is NCc1ncn(-c2cccc(C(F)(F)F)n2)n1. The first-order valence-corrected chi connectivity index (χ1v) is 4.66. The van der Waals surface area contributed by atoms with Crippen LogP contribution in [0.15, 0.2) is 24.5 Å². The van der Waals surface area contributed by atoms with Crippen molar-refractivity contribution in [3.8, 4) is 5.82 Å². The largest absolute Gasteiger partial charge is 0.433 e. The molecule has 0 aliphatic rings. The lowest BCUT2D eigenvalue weighted by Crippen LogP contribution is -2.10. The Morgan fingerprint density at radius 2 is 2.06 bits per heavy atom. The lowest BCUT2D eigenvalue weighted by molar-refractivity contribution is -0.141. The molecular weight excluding hydrogens is 235 g/mol. The average molecular weight is 243 g/mol. The molecule has 0 aromatic carbocycles. The van der Waals surface area contributed by atoms with Gasteiger partial charge in [-0.3, -0.25) is 0 Å². The van der Waals surface area contributed by atoms with E-state index in [2.05, 4.69) is 15.1 Å². The van der Waals surface area contributed by atoms with Gasteiger partial charge in [0, 0.05) is 0 Å². The quantitative estimate of drug-likeness (QED) is 0.858. The van der Waals surface area contributed by atoms with E-state index >= 15 is 0 Å². The Morgan fingerprint density at radius 3 is 2.65 bits per heavy atom. The third kappa shape index (κ3) is 2.41. The molecule has 2 aromatic heterocycles. The van der Waals surface area contributed by atoms with E-state index in [0.717, 1.165) is 10.7 Å². The first kappa shape index (κ1) is 11.5. The van der Waals surface area contributed by atoms with Crippen molar-refractivity contribution in [3.63, 3.8) is 0 Å². The van der Waals surface area contributed by atoms with Gasteiger partial charge in [0.1, 0.15) is 12.0 Å². The van der Waals surface area contributed by atoms with Crippen LogP contribution >= 0.6 is 0 Å². The molecule has 0 unspecified atom stereocenters. The smallest absolute Gasteiger partial charge is 0.324 e. The number of nitrogens with two attached hydrogens (primary N) is 1. The molecule has 0 aliphatic heterocycles. The summed E-state index contributed by atoms with van der Waals surface area (Å²) in [5, 5.41) is 3.87. The summed E-state index contributed by atoms with van der Waals surface area (Å²) in [5.41, 5.74) is 4.33. The minimum atomic E-state index is -4.48. The molecule has 2 aromatic rings. The second-order valence-electron chi connectivity index (χ2n) is 3.19. The van der Waals surface area contributed by atoms with Gasteiger partial charge in [0.25, 0.3) is 0 Å². The first-order valence-electron chi connectivity index (χ1n) is 4.66. The number of nitrogens with zero attached hydrogens (tertiary/aromatic N) is 4. The van der Waals surface area contributed by atoms with E-state index in [-0.39, 0.29) is 12.4 Å². The zero-order valence-corrected chi connectivity index (χ0v) is 8.52. The molecule has 0 spiro atoms. The van der Waals surface area contributed by atoms with Gasteiger partial charge in [-0.05, 0) is 12.1 Å². The minimum Gasteiger partial charge on any atom is -0.324 e. The maximum Gasteiger partial charge on any atom is 0.433 e. The van der Waals surface area contributed by atoms with Gasteiger partial charge in [0.2, 0.25) is 0 Å². The molecule has 0 aliphatic carbocycles. The second-order valence-corrected chi connectivity index (χ2v) is 3.19. The molecule has 90 valence electrons. The molecule has 0 atom stereocenters. The Bertz CT molecular complexity index is 519. The van der Waals surface area contributed by atoms with Gasteiger partial charge in [0.05, 0.1) is 6.54 Å². The van der Waals surface area contributed by atoms with E-state index < -0.39 is 11.9 Å². The highest BCUT2D eigenvalue weighted by Gasteiger charge is 2.32. The fraction of sp³-hybridized carbons (Fsp3) is 0.222. The fourth-order valence-corrected chi connectivity index (χ4v) is 1.21. The summed E-state index contributed by atoms with van der Waals surface area (Å²) in [7, 11) is 0. The standard InChI is InChI=1S/C9H8F3N5/c10-9(11,12)6-2-1-3-8(15-6)17-5-14-7(4-13)16-17/h1-3,5H,4,13H2.